The molecule has 0 bridgehead atoms. The predicted molar refractivity (Wildman–Crippen MR) is 77.4 cm³/mol. The normalized spacial score (nSPS) is 18.8. The summed E-state index contributed by atoms with van der Waals surface area (Å²) in [6, 6.07) is 14.6. The van der Waals surface area contributed by atoms with Gasteiger partial charge in [-0.05, 0) is 36.6 Å². The molecule has 98 valence electrons. The summed E-state index contributed by atoms with van der Waals surface area (Å²) in [6.45, 7) is 4.18. The Bertz CT molecular complexity index is 589. The highest BCUT2D eigenvalue weighted by molar-refractivity contribution is 5.43. The highest BCUT2D eigenvalue weighted by Crippen LogP contribution is 2.32. The summed E-state index contributed by atoms with van der Waals surface area (Å²) in [6.07, 6.45) is 1.25. The molecule has 1 aliphatic heterocycles. The molecule has 3 rings (SSSR count). The highest BCUT2D eigenvalue weighted by atomic mass is 16.5. The molecule has 2 atom stereocenters. The van der Waals surface area contributed by atoms with Gasteiger partial charge < -0.3 is 10.5 Å². The van der Waals surface area contributed by atoms with E-state index in [-0.39, 0.29) is 12.1 Å². The van der Waals surface area contributed by atoms with Crippen molar-refractivity contribution in [1.82, 2.24) is 0 Å². The maximum Gasteiger partial charge on any atom is 0.123 e. The van der Waals surface area contributed by atoms with Crippen LogP contribution in [0.3, 0.4) is 0 Å². The molecule has 0 saturated heterocycles. The van der Waals surface area contributed by atoms with E-state index < -0.39 is 0 Å². The molecular weight excluding hydrogens is 234 g/mol. The largest absolute Gasteiger partial charge is 0.490 e. The molecule has 2 nitrogen and oxygen atoms in total. The number of fused-ring (bicyclic) bond motifs is 1. The standard InChI is InChI=1S/C17H19NO/c1-11-3-5-13(6-4-11)17(18)14-7-8-16-15(10-14)9-12(2)19-16/h3-8,10,12,17H,9,18H2,1-2H3. The maximum absolute atomic E-state index is 6.35. The van der Waals surface area contributed by atoms with Gasteiger partial charge in [0.2, 0.25) is 0 Å². The fourth-order valence-corrected chi connectivity index (χ4v) is 2.60. The van der Waals surface area contributed by atoms with Gasteiger partial charge in [-0.15, -0.1) is 0 Å². The first-order chi connectivity index (χ1) is 9.13. The van der Waals surface area contributed by atoms with Crippen molar-refractivity contribution in [2.45, 2.75) is 32.4 Å². The van der Waals surface area contributed by atoms with Crippen molar-refractivity contribution in [1.29, 1.82) is 0 Å². The average Bonchev–Trinajstić information content (AvgIpc) is 2.77. The molecule has 1 heterocycles. The van der Waals surface area contributed by atoms with Gasteiger partial charge in [0.1, 0.15) is 11.9 Å². The summed E-state index contributed by atoms with van der Waals surface area (Å²) < 4.78 is 5.72. The molecule has 0 amide bonds. The van der Waals surface area contributed by atoms with Crippen LogP contribution in [0.1, 0.15) is 35.2 Å². The maximum atomic E-state index is 6.35. The number of aryl methyl sites for hydroxylation is 1. The van der Waals surface area contributed by atoms with E-state index in [0.29, 0.717) is 0 Å². The van der Waals surface area contributed by atoms with E-state index in [1.165, 1.54) is 11.1 Å². The van der Waals surface area contributed by atoms with E-state index >= 15 is 0 Å². The van der Waals surface area contributed by atoms with Crippen LogP contribution in [0.25, 0.3) is 0 Å². The van der Waals surface area contributed by atoms with Gasteiger partial charge in [0.25, 0.3) is 0 Å². The van der Waals surface area contributed by atoms with Crippen molar-refractivity contribution in [3.63, 3.8) is 0 Å². The molecule has 2 aromatic carbocycles. The van der Waals surface area contributed by atoms with Crippen molar-refractivity contribution in [3.05, 3.63) is 64.7 Å². The van der Waals surface area contributed by atoms with Crippen molar-refractivity contribution in [3.8, 4) is 5.75 Å². The van der Waals surface area contributed by atoms with Crippen LogP contribution in [-0.4, -0.2) is 6.10 Å². The second-order valence-electron chi connectivity index (χ2n) is 5.39. The Morgan fingerprint density at radius 3 is 2.53 bits per heavy atom. The van der Waals surface area contributed by atoms with Crippen molar-refractivity contribution in [2.24, 2.45) is 5.73 Å². The first-order valence-electron chi connectivity index (χ1n) is 6.75. The van der Waals surface area contributed by atoms with Gasteiger partial charge in [-0.25, -0.2) is 0 Å². The fourth-order valence-electron chi connectivity index (χ4n) is 2.60. The third-order valence-corrected chi connectivity index (χ3v) is 3.72. The Labute approximate surface area is 114 Å². The van der Waals surface area contributed by atoms with E-state index in [1.807, 2.05) is 6.07 Å². The van der Waals surface area contributed by atoms with Crippen LogP contribution < -0.4 is 10.5 Å². The number of nitrogens with two attached hydrogens (primary N) is 1. The predicted octanol–water partition coefficient (Wildman–Crippen LogP) is 3.37. The molecule has 0 aliphatic carbocycles. The quantitative estimate of drug-likeness (QED) is 0.890. The van der Waals surface area contributed by atoms with Crippen LogP contribution in [0.15, 0.2) is 42.5 Å². The van der Waals surface area contributed by atoms with E-state index in [9.17, 15) is 0 Å². The number of benzene rings is 2. The van der Waals surface area contributed by atoms with Gasteiger partial charge in [-0.1, -0.05) is 42.0 Å². The minimum atomic E-state index is -0.0678. The molecule has 1 aliphatic rings. The molecule has 2 unspecified atom stereocenters. The minimum absolute atomic E-state index is 0.0678. The molecular formula is C17H19NO. The first-order valence-corrected chi connectivity index (χ1v) is 6.75. The summed E-state index contributed by atoms with van der Waals surface area (Å²) >= 11 is 0. The third kappa shape index (κ3) is 2.36. The minimum Gasteiger partial charge on any atom is -0.490 e. The number of hydrogen-bond donors (Lipinski definition) is 1. The number of ether oxygens (including phenoxy) is 1. The van der Waals surface area contributed by atoms with E-state index in [4.69, 9.17) is 10.5 Å². The summed E-state index contributed by atoms with van der Waals surface area (Å²) in [7, 11) is 0. The lowest BCUT2D eigenvalue weighted by Gasteiger charge is -2.14. The first kappa shape index (κ1) is 12.2. The van der Waals surface area contributed by atoms with Crippen molar-refractivity contribution in [2.75, 3.05) is 0 Å². The molecule has 0 radical (unpaired) electrons. The molecule has 2 heteroatoms. The molecule has 0 saturated carbocycles. The van der Waals surface area contributed by atoms with Gasteiger partial charge in [0.15, 0.2) is 0 Å². The van der Waals surface area contributed by atoms with E-state index in [0.717, 1.165) is 23.3 Å². The second kappa shape index (κ2) is 4.71. The highest BCUT2D eigenvalue weighted by Gasteiger charge is 2.20. The van der Waals surface area contributed by atoms with Gasteiger partial charge in [0.05, 0.1) is 6.04 Å². The van der Waals surface area contributed by atoms with Crippen LogP contribution in [0.2, 0.25) is 0 Å². The van der Waals surface area contributed by atoms with Crippen LogP contribution in [0.4, 0.5) is 0 Å². The molecule has 2 aromatic rings. The lowest BCUT2D eigenvalue weighted by molar-refractivity contribution is 0.254. The van der Waals surface area contributed by atoms with Gasteiger partial charge >= 0.3 is 0 Å². The van der Waals surface area contributed by atoms with Gasteiger partial charge in [0, 0.05) is 6.42 Å². The number of rotatable bonds is 2. The summed E-state index contributed by atoms with van der Waals surface area (Å²) in [5, 5.41) is 0. The van der Waals surface area contributed by atoms with E-state index in [2.05, 4.69) is 50.2 Å². The zero-order valence-electron chi connectivity index (χ0n) is 11.4. The smallest absolute Gasteiger partial charge is 0.123 e. The topological polar surface area (TPSA) is 35.2 Å². The second-order valence-corrected chi connectivity index (χ2v) is 5.39. The molecule has 0 spiro atoms. The zero-order valence-corrected chi connectivity index (χ0v) is 11.4. The zero-order chi connectivity index (χ0) is 13.4. The van der Waals surface area contributed by atoms with Crippen molar-refractivity contribution >= 4 is 0 Å². The van der Waals surface area contributed by atoms with E-state index in [1.54, 1.807) is 0 Å². The number of hydrogen-bond acceptors (Lipinski definition) is 2. The monoisotopic (exact) mass is 253 g/mol. The van der Waals surface area contributed by atoms with Crippen LogP contribution >= 0.6 is 0 Å². The van der Waals surface area contributed by atoms with Crippen LogP contribution in [0.5, 0.6) is 5.75 Å². The molecule has 0 aromatic heterocycles. The molecule has 19 heavy (non-hydrogen) atoms. The lowest BCUT2D eigenvalue weighted by atomic mass is 9.96. The van der Waals surface area contributed by atoms with Gasteiger partial charge in [-0.2, -0.15) is 0 Å². The average molecular weight is 253 g/mol. The Morgan fingerprint density at radius 2 is 1.79 bits per heavy atom. The summed E-state index contributed by atoms with van der Waals surface area (Å²) in [5.74, 6) is 1.01. The summed E-state index contributed by atoms with van der Waals surface area (Å²) in [5.41, 5.74) is 11.2. The Morgan fingerprint density at radius 1 is 1.11 bits per heavy atom. The SMILES string of the molecule is Cc1ccc(C(N)c2ccc3c(c2)CC(C)O3)cc1. The lowest BCUT2D eigenvalue weighted by Crippen LogP contribution is -2.11. The Balaban J connectivity index is 1.90. The summed E-state index contributed by atoms with van der Waals surface area (Å²) in [4.78, 5) is 0. The third-order valence-electron chi connectivity index (χ3n) is 3.72. The van der Waals surface area contributed by atoms with Crippen LogP contribution in [-0.2, 0) is 6.42 Å². The Hall–Kier alpha value is -1.80. The van der Waals surface area contributed by atoms with Crippen molar-refractivity contribution < 1.29 is 4.74 Å². The van der Waals surface area contributed by atoms with Gasteiger partial charge in [-0.3, -0.25) is 0 Å². The Kier molecular flexibility index (Phi) is 3.03. The molecule has 0 fully saturated rings. The van der Waals surface area contributed by atoms with Crippen LogP contribution in [0, 0.1) is 6.92 Å². The molecule has 2 N–H and O–H groups in total. The fraction of sp³-hybridized carbons (Fsp3) is 0.294.